The van der Waals surface area contributed by atoms with Gasteiger partial charge in [0.25, 0.3) is 0 Å². The number of nitrogens with zero attached hydrogens (tertiary/aromatic N) is 1. The lowest BCUT2D eigenvalue weighted by atomic mass is 9.97. The number of hydrogen-bond donors (Lipinski definition) is 1. The summed E-state index contributed by atoms with van der Waals surface area (Å²) in [5.41, 5.74) is 6.03. The number of carbonyl (C=O) groups excluding carboxylic acids is 1. The fraction of sp³-hybridized carbons (Fsp3) is 0.929. The molecule has 2 N–H and O–H groups in total. The molecular formula is C14H28N2O. The van der Waals surface area contributed by atoms with E-state index in [1.54, 1.807) is 0 Å². The van der Waals surface area contributed by atoms with Crippen molar-refractivity contribution < 1.29 is 4.79 Å². The second-order valence-corrected chi connectivity index (χ2v) is 5.51. The number of rotatable bonds is 4. The van der Waals surface area contributed by atoms with Gasteiger partial charge in [-0.1, -0.05) is 46.0 Å². The van der Waals surface area contributed by atoms with Gasteiger partial charge in [-0.3, -0.25) is 4.79 Å². The average Bonchev–Trinajstić information content (AvgIpc) is 2.63. The Bertz CT molecular complexity index is 234. The molecule has 3 nitrogen and oxygen atoms in total. The molecule has 1 aliphatic carbocycles. The Morgan fingerprint density at radius 3 is 2.29 bits per heavy atom. The molecule has 1 fully saturated rings. The summed E-state index contributed by atoms with van der Waals surface area (Å²) in [6.45, 7) is 4.15. The van der Waals surface area contributed by atoms with Crippen molar-refractivity contribution in [1.82, 2.24) is 4.90 Å². The van der Waals surface area contributed by atoms with Crippen LogP contribution in [0.1, 0.15) is 58.8 Å². The van der Waals surface area contributed by atoms with Crippen LogP contribution in [0.25, 0.3) is 0 Å². The Kier molecular flexibility index (Phi) is 5.96. The van der Waals surface area contributed by atoms with E-state index >= 15 is 0 Å². The molecule has 0 bridgehead atoms. The Balaban J connectivity index is 2.54. The Morgan fingerprint density at radius 1 is 1.29 bits per heavy atom. The van der Waals surface area contributed by atoms with E-state index in [-0.39, 0.29) is 17.9 Å². The van der Waals surface area contributed by atoms with Gasteiger partial charge < -0.3 is 10.6 Å². The smallest absolute Gasteiger partial charge is 0.239 e. The molecule has 3 heteroatoms. The standard InChI is InChI=1S/C14H28N2O/c1-4-11(2)13(15)14(17)16(3)12-9-7-5-6-8-10-12/h11-13H,4-10,15H2,1-3H3/t11?,13-/m0/s1. The van der Waals surface area contributed by atoms with Gasteiger partial charge in [0.15, 0.2) is 0 Å². The predicted octanol–water partition coefficient (Wildman–Crippen LogP) is 2.54. The van der Waals surface area contributed by atoms with Gasteiger partial charge >= 0.3 is 0 Å². The van der Waals surface area contributed by atoms with Crippen molar-refractivity contribution in [2.45, 2.75) is 70.9 Å². The minimum atomic E-state index is -0.326. The van der Waals surface area contributed by atoms with Crippen molar-refractivity contribution in [3.05, 3.63) is 0 Å². The Hall–Kier alpha value is -0.570. The van der Waals surface area contributed by atoms with E-state index in [9.17, 15) is 4.79 Å². The van der Waals surface area contributed by atoms with Gasteiger partial charge in [0.2, 0.25) is 5.91 Å². The molecule has 1 rings (SSSR count). The van der Waals surface area contributed by atoms with E-state index < -0.39 is 0 Å². The molecule has 0 saturated heterocycles. The molecule has 0 aromatic rings. The van der Waals surface area contributed by atoms with Crippen LogP contribution in [0.15, 0.2) is 0 Å². The van der Waals surface area contributed by atoms with Gasteiger partial charge in [-0.05, 0) is 18.8 Å². The molecular weight excluding hydrogens is 212 g/mol. The summed E-state index contributed by atoms with van der Waals surface area (Å²) in [6, 6.07) is 0.0911. The van der Waals surface area contributed by atoms with Crippen LogP contribution in [-0.2, 0) is 4.79 Å². The van der Waals surface area contributed by atoms with Gasteiger partial charge in [-0.15, -0.1) is 0 Å². The summed E-state index contributed by atoms with van der Waals surface area (Å²) in [6.07, 6.45) is 8.39. The van der Waals surface area contributed by atoms with Crippen molar-refractivity contribution >= 4 is 5.91 Å². The lowest BCUT2D eigenvalue weighted by molar-refractivity contribution is -0.134. The predicted molar refractivity (Wildman–Crippen MR) is 71.7 cm³/mol. The zero-order valence-corrected chi connectivity index (χ0v) is 11.6. The molecule has 100 valence electrons. The lowest BCUT2D eigenvalue weighted by Gasteiger charge is -2.31. The second kappa shape index (κ2) is 7.00. The largest absolute Gasteiger partial charge is 0.341 e. The number of nitrogens with two attached hydrogens (primary N) is 1. The third-order valence-electron chi connectivity index (χ3n) is 4.26. The monoisotopic (exact) mass is 240 g/mol. The summed E-state index contributed by atoms with van der Waals surface area (Å²) in [5.74, 6) is 0.405. The molecule has 0 aromatic heterocycles. The highest BCUT2D eigenvalue weighted by Gasteiger charge is 2.27. The average molecular weight is 240 g/mol. The Morgan fingerprint density at radius 2 is 1.82 bits per heavy atom. The van der Waals surface area contributed by atoms with E-state index in [1.807, 2.05) is 11.9 Å². The highest BCUT2D eigenvalue weighted by atomic mass is 16.2. The molecule has 1 amide bonds. The van der Waals surface area contributed by atoms with Crippen molar-refractivity contribution in [1.29, 1.82) is 0 Å². The summed E-state index contributed by atoms with van der Waals surface area (Å²) in [7, 11) is 1.93. The quantitative estimate of drug-likeness (QED) is 0.768. The van der Waals surface area contributed by atoms with Gasteiger partial charge in [0.1, 0.15) is 0 Å². The third-order valence-corrected chi connectivity index (χ3v) is 4.26. The van der Waals surface area contributed by atoms with Gasteiger partial charge in [0, 0.05) is 13.1 Å². The van der Waals surface area contributed by atoms with Crippen LogP contribution in [0.2, 0.25) is 0 Å². The summed E-state index contributed by atoms with van der Waals surface area (Å²) in [4.78, 5) is 14.2. The van der Waals surface area contributed by atoms with E-state index in [4.69, 9.17) is 5.73 Å². The molecule has 0 spiro atoms. The maximum absolute atomic E-state index is 12.3. The molecule has 17 heavy (non-hydrogen) atoms. The topological polar surface area (TPSA) is 46.3 Å². The third kappa shape index (κ3) is 3.98. The molecule has 1 aliphatic rings. The highest BCUT2D eigenvalue weighted by molar-refractivity contribution is 5.82. The number of likely N-dealkylation sites (N-methyl/N-ethyl adjacent to an activating group) is 1. The van der Waals surface area contributed by atoms with Gasteiger partial charge in [-0.25, -0.2) is 0 Å². The van der Waals surface area contributed by atoms with Crippen molar-refractivity contribution in [2.75, 3.05) is 7.05 Å². The number of amides is 1. The molecule has 0 aliphatic heterocycles. The zero-order chi connectivity index (χ0) is 12.8. The normalized spacial score (nSPS) is 21.6. The highest BCUT2D eigenvalue weighted by Crippen LogP contribution is 2.22. The van der Waals surface area contributed by atoms with E-state index in [0.717, 1.165) is 19.3 Å². The molecule has 0 aromatic carbocycles. The van der Waals surface area contributed by atoms with E-state index in [0.29, 0.717) is 6.04 Å². The fourth-order valence-corrected chi connectivity index (χ4v) is 2.56. The van der Waals surface area contributed by atoms with Crippen LogP contribution in [0.4, 0.5) is 0 Å². The van der Waals surface area contributed by atoms with Crippen LogP contribution in [0.3, 0.4) is 0 Å². The van der Waals surface area contributed by atoms with Crippen LogP contribution < -0.4 is 5.73 Å². The van der Waals surface area contributed by atoms with Crippen molar-refractivity contribution in [3.8, 4) is 0 Å². The van der Waals surface area contributed by atoms with Crippen LogP contribution in [-0.4, -0.2) is 29.9 Å². The first kappa shape index (κ1) is 14.5. The SMILES string of the molecule is CCC(C)[C@H](N)C(=O)N(C)C1CCCCCC1. The summed E-state index contributed by atoms with van der Waals surface area (Å²) in [5, 5.41) is 0. The molecule has 2 atom stereocenters. The lowest BCUT2D eigenvalue weighted by Crippen LogP contribution is -2.49. The first-order valence-electron chi connectivity index (χ1n) is 7.10. The number of hydrogen-bond acceptors (Lipinski definition) is 2. The van der Waals surface area contributed by atoms with Crippen LogP contribution in [0.5, 0.6) is 0 Å². The maximum Gasteiger partial charge on any atom is 0.239 e. The summed E-state index contributed by atoms with van der Waals surface area (Å²) < 4.78 is 0. The van der Waals surface area contributed by atoms with Gasteiger partial charge in [0.05, 0.1) is 6.04 Å². The van der Waals surface area contributed by atoms with Gasteiger partial charge in [-0.2, -0.15) is 0 Å². The molecule has 0 heterocycles. The van der Waals surface area contributed by atoms with Crippen LogP contribution in [0, 0.1) is 5.92 Å². The van der Waals surface area contributed by atoms with Crippen molar-refractivity contribution in [2.24, 2.45) is 11.7 Å². The molecule has 1 unspecified atom stereocenters. The molecule has 1 saturated carbocycles. The zero-order valence-electron chi connectivity index (χ0n) is 11.6. The van der Waals surface area contributed by atoms with Crippen molar-refractivity contribution in [3.63, 3.8) is 0 Å². The van der Waals surface area contributed by atoms with Crippen LogP contribution >= 0.6 is 0 Å². The second-order valence-electron chi connectivity index (χ2n) is 5.51. The summed E-state index contributed by atoms with van der Waals surface area (Å²) >= 11 is 0. The fourth-order valence-electron chi connectivity index (χ4n) is 2.56. The maximum atomic E-state index is 12.3. The minimum absolute atomic E-state index is 0.131. The first-order valence-corrected chi connectivity index (χ1v) is 7.10. The molecule has 0 radical (unpaired) electrons. The first-order chi connectivity index (χ1) is 8.07. The van der Waals surface area contributed by atoms with E-state index in [1.165, 1.54) is 25.7 Å². The van der Waals surface area contributed by atoms with E-state index in [2.05, 4.69) is 13.8 Å². The number of carbonyl (C=O) groups is 1. The minimum Gasteiger partial charge on any atom is -0.341 e. The Labute approximate surface area is 106 Å².